The summed E-state index contributed by atoms with van der Waals surface area (Å²) < 4.78 is 17.9. The maximum Gasteiger partial charge on any atom is 0.125 e. The van der Waals surface area contributed by atoms with Crippen molar-refractivity contribution < 1.29 is 14.2 Å². The summed E-state index contributed by atoms with van der Waals surface area (Å²) in [6.45, 7) is 0.796. The predicted octanol–water partition coefficient (Wildman–Crippen LogP) is 0.997. The zero-order valence-corrected chi connectivity index (χ0v) is 7.61. The number of aliphatic hydroxyl groups is 1. The molecule has 0 aliphatic carbocycles. The highest BCUT2D eigenvalue weighted by Crippen LogP contribution is 2.15. The molecule has 0 spiro atoms. The summed E-state index contributed by atoms with van der Waals surface area (Å²) in [5, 5.41) is 12.5. The van der Waals surface area contributed by atoms with Crippen LogP contribution in [0.5, 0.6) is 0 Å². The first-order valence-electron chi connectivity index (χ1n) is 4.53. The Morgan fingerprint density at radius 1 is 1.43 bits per heavy atom. The lowest BCUT2D eigenvalue weighted by atomic mass is 10.2. The topological polar surface area (TPSA) is 41.5 Å². The molecule has 1 fully saturated rings. The first-order chi connectivity index (χ1) is 6.75. The van der Waals surface area contributed by atoms with Crippen LogP contribution in [0.2, 0.25) is 0 Å². The van der Waals surface area contributed by atoms with Crippen LogP contribution < -0.4 is 5.32 Å². The van der Waals surface area contributed by atoms with E-state index in [0.717, 1.165) is 0 Å². The van der Waals surface area contributed by atoms with Crippen LogP contribution in [0.1, 0.15) is 0 Å². The van der Waals surface area contributed by atoms with E-state index in [-0.39, 0.29) is 11.9 Å². The number of aliphatic hydroxyl groups excluding tert-OH is 1. The van der Waals surface area contributed by atoms with Gasteiger partial charge in [0, 0.05) is 5.69 Å². The lowest BCUT2D eigenvalue weighted by molar-refractivity contribution is 0.125. The van der Waals surface area contributed by atoms with Gasteiger partial charge in [-0.1, -0.05) is 6.07 Å². The highest BCUT2D eigenvalue weighted by Gasteiger charge is 2.25. The molecule has 0 unspecified atom stereocenters. The average Bonchev–Trinajstić information content (AvgIpc) is 2.52. The van der Waals surface area contributed by atoms with E-state index >= 15 is 0 Å². The van der Waals surface area contributed by atoms with Gasteiger partial charge in [-0.2, -0.15) is 0 Å². The highest BCUT2D eigenvalue weighted by atomic mass is 19.1. The molecular formula is C10H12FNO2. The van der Waals surface area contributed by atoms with Crippen molar-refractivity contribution in [2.24, 2.45) is 0 Å². The number of rotatable bonds is 2. The maximum atomic E-state index is 12.8. The molecule has 1 saturated heterocycles. The Labute approximate surface area is 81.5 Å². The Hall–Kier alpha value is -1.13. The standard InChI is InChI=1S/C10H12FNO2/c11-7-2-1-3-8(4-7)12-9-5-14-6-10(9)13/h1-4,9-10,12-13H,5-6H2/t9-,10+/m0/s1. The molecule has 2 atom stereocenters. The smallest absolute Gasteiger partial charge is 0.125 e. The number of hydrogen-bond acceptors (Lipinski definition) is 3. The van der Waals surface area contributed by atoms with E-state index in [1.807, 2.05) is 0 Å². The van der Waals surface area contributed by atoms with Crippen LogP contribution in [-0.2, 0) is 4.74 Å². The van der Waals surface area contributed by atoms with E-state index in [0.29, 0.717) is 18.9 Å². The second kappa shape index (κ2) is 3.94. The third kappa shape index (κ3) is 2.02. The van der Waals surface area contributed by atoms with E-state index in [1.165, 1.54) is 12.1 Å². The van der Waals surface area contributed by atoms with Crippen molar-refractivity contribution in [3.63, 3.8) is 0 Å². The maximum absolute atomic E-state index is 12.8. The van der Waals surface area contributed by atoms with Crippen molar-refractivity contribution in [3.8, 4) is 0 Å². The Kier molecular flexibility index (Phi) is 2.65. The molecule has 76 valence electrons. The van der Waals surface area contributed by atoms with Crippen LogP contribution in [-0.4, -0.2) is 30.5 Å². The van der Waals surface area contributed by atoms with E-state index in [4.69, 9.17) is 4.74 Å². The van der Waals surface area contributed by atoms with Crippen LogP contribution in [0.25, 0.3) is 0 Å². The SMILES string of the molecule is O[C@@H]1COC[C@@H]1Nc1cccc(F)c1. The van der Waals surface area contributed by atoms with Crippen LogP contribution in [0.3, 0.4) is 0 Å². The molecule has 2 rings (SSSR count). The number of benzene rings is 1. The van der Waals surface area contributed by atoms with Crippen LogP contribution in [0.4, 0.5) is 10.1 Å². The van der Waals surface area contributed by atoms with Crippen molar-refractivity contribution in [2.75, 3.05) is 18.5 Å². The Bertz CT molecular complexity index is 319. The molecule has 1 aromatic rings. The Morgan fingerprint density at radius 3 is 2.93 bits per heavy atom. The van der Waals surface area contributed by atoms with Gasteiger partial charge in [0.25, 0.3) is 0 Å². The molecule has 2 N–H and O–H groups in total. The zero-order chi connectivity index (χ0) is 9.97. The van der Waals surface area contributed by atoms with Gasteiger partial charge in [-0.25, -0.2) is 4.39 Å². The molecule has 1 aromatic carbocycles. The van der Waals surface area contributed by atoms with Gasteiger partial charge in [0.15, 0.2) is 0 Å². The minimum Gasteiger partial charge on any atom is -0.388 e. The quantitative estimate of drug-likeness (QED) is 0.743. The molecule has 4 heteroatoms. The summed E-state index contributed by atoms with van der Waals surface area (Å²) in [6, 6.07) is 6.02. The van der Waals surface area contributed by atoms with Crippen LogP contribution in [0.15, 0.2) is 24.3 Å². The largest absolute Gasteiger partial charge is 0.388 e. The molecule has 14 heavy (non-hydrogen) atoms. The van der Waals surface area contributed by atoms with Gasteiger partial charge in [0.05, 0.1) is 25.4 Å². The van der Waals surface area contributed by atoms with E-state index in [1.54, 1.807) is 12.1 Å². The van der Waals surface area contributed by atoms with Gasteiger partial charge in [0.2, 0.25) is 0 Å². The number of ether oxygens (including phenoxy) is 1. The third-order valence-corrected chi connectivity index (χ3v) is 2.23. The first-order valence-corrected chi connectivity index (χ1v) is 4.53. The van der Waals surface area contributed by atoms with E-state index < -0.39 is 6.10 Å². The Morgan fingerprint density at radius 2 is 2.29 bits per heavy atom. The normalized spacial score (nSPS) is 26.4. The summed E-state index contributed by atoms with van der Waals surface area (Å²) in [7, 11) is 0. The molecule has 3 nitrogen and oxygen atoms in total. The van der Waals surface area contributed by atoms with Gasteiger partial charge in [-0.3, -0.25) is 0 Å². The minimum atomic E-state index is -0.515. The summed E-state index contributed by atoms with van der Waals surface area (Å²) >= 11 is 0. The van der Waals surface area contributed by atoms with Gasteiger partial charge in [-0.05, 0) is 18.2 Å². The monoisotopic (exact) mass is 197 g/mol. The summed E-state index contributed by atoms with van der Waals surface area (Å²) in [5.74, 6) is -0.289. The van der Waals surface area contributed by atoms with Crippen molar-refractivity contribution in [2.45, 2.75) is 12.1 Å². The van der Waals surface area contributed by atoms with Crippen molar-refractivity contribution in [1.29, 1.82) is 0 Å². The second-order valence-electron chi connectivity index (χ2n) is 3.37. The molecule has 1 aliphatic heterocycles. The van der Waals surface area contributed by atoms with Gasteiger partial charge in [-0.15, -0.1) is 0 Å². The van der Waals surface area contributed by atoms with Crippen LogP contribution in [0, 0.1) is 5.82 Å². The minimum absolute atomic E-state index is 0.142. The number of halogens is 1. The zero-order valence-electron chi connectivity index (χ0n) is 7.61. The van der Waals surface area contributed by atoms with Crippen molar-refractivity contribution in [3.05, 3.63) is 30.1 Å². The summed E-state index contributed by atoms with van der Waals surface area (Å²) in [4.78, 5) is 0. The fraction of sp³-hybridized carbons (Fsp3) is 0.400. The molecule has 1 heterocycles. The van der Waals surface area contributed by atoms with Gasteiger partial charge >= 0.3 is 0 Å². The Balaban J connectivity index is 2.03. The van der Waals surface area contributed by atoms with E-state index in [2.05, 4.69) is 5.32 Å². The van der Waals surface area contributed by atoms with Crippen LogP contribution >= 0.6 is 0 Å². The number of nitrogens with one attached hydrogen (secondary N) is 1. The molecular weight excluding hydrogens is 185 g/mol. The number of anilines is 1. The molecule has 0 radical (unpaired) electrons. The first kappa shape index (κ1) is 9.43. The molecule has 1 aliphatic rings. The predicted molar refractivity (Wildman–Crippen MR) is 50.6 cm³/mol. The second-order valence-corrected chi connectivity index (χ2v) is 3.37. The summed E-state index contributed by atoms with van der Waals surface area (Å²) in [6.07, 6.45) is -0.515. The van der Waals surface area contributed by atoms with Gasteiger partial charge < -0.3 is 15.2 Å². The highest BCUT2D eigenvalue weighted by molar-refractivity contribution is 5.44. The molecule has 0 aromatic heterocycles. The molecule has 0 bridgehead atoms. The van der Waals surface area contributed by atoms with Crippen molar-refractivity contribution in [1.82, 2.24) is 0 Å². The lowest BCUT2D eigenvalue weighted by Gasteiger charge is -2.15. The molecule has 0 saturated carbocycles. The number of hydrogen-bond donors (Lipinski definition) is 2. The lowest BCUT2D eigenvalue weighted by Crippen LogP contribution is -2.31. The average molecular weight is 197 g/mol. The van der Waals surface area contributed by atoms with E-state index in [9.17, 15) is 9.50 Å². The molecule has 0 amide bonds. The third-order valence-electron chi connectivity index (χ3n) is 2.23. The summed E-state index contributed by atoms with van der Waals surface area (Å²) in [5.41, 5.74) is 0.666. The van der Waals surface area contributed by atoms with Gasteiger partial charge in [0.1, 0.15) is 5.82 Å². The fourth-order valence-corrected chi connectivity index (χ4v) is 1.47. The van der Waals surface area contributed by atoms with Crippen molar-refractivity contribution >= 4 is 5.69 Å². The fourth-order valence-electron chi connectivity index (χ4n) is 1.47.